The molecule has 7 aromatic carbocycles. The zero-order valence-electron chi connectivity index (χ0n) is 33.8. The van der Waals surface area contributed by atoms with E-state index < -0.39 is 0 Å². The van der Waals surface area contributed by atoms with Gasteiger partial charge in [0.2, 0.25) is 0 Å². The molecule has 60 heavy (non-hydrogen) atoms. The summed E-state index contributed by atoms with van der Waals surface area (Å²) in [6.45, 7) is 9.15. The Morgan fingerprint density at radius 1 is 0.600 bits per heavy atom. The molecule has 10 aromatic rings. The van der Waals surface area contributed by atoms with Crippen LogP contribution in [0.15, 0.2) is 174 Å². The van der Waals surface area contributed by atoms with Gasteiger partial charge >= 0.3 is 0 Å². The number of benzene rings is 7. The zero-order chi connectivity index (χ0) is 40.5. The van der Waals surface area contributed by atoms with Gasteiger partial charge in [0, 0.05) is 31.2 Å². The van der Waals surface area contributed by atoms with E-state index in [0.29, 0.717) is 0 Å². The Morgan fingerprint density at radius 2 is 1.25 bits per heavy atom. The second-order valence-electron chi connectivity index (χ2n) is 15.3. The number of pyridine rings is 1. The molecule has 0 atom stereocenters. The minimum Gasteiger partial charge on any atom is -0.501 e. The summed E-state index contributed by atoms with van der Waals surface area (Å²) in [4.78, 5) is 9.21. The monoisotopic (exact) mass is 960 g/mol. The number of halogens is 1. The molecule has 6 heteroatoms. The molecule has 0 aliphatic carbocycles. The first kappa shape index (κ1) is 40.3. The van der Waals surface area contributed by atoms with Crippen molar-refractivity contribution in [3.8, 4) is 50.6 Å². The first-order chi connectivity index (χ1) is 28.8. The number of aromatic nitrogens is 3. The summed E-state index contributed by atoms with van der Waals surface area (Å²) in [5.41, 5.74) is 14.8. The molecule has 0 fully saturated rings. The van der Waals surface area contributed by atoms with Crippen molar-refractivity contribution in [3.05, 3.63) is 199 Å². The number of furan rings is 1. The first-order valence-corrected chi connectivity index (χ1v) is 20.1. The van der Waals surface area contributed by atoms with Crippen LogP contribution in [0.2, 0.25) is 0 Å². The molecule has 0 bridgehead atoms. The van der Waals surface area contributed by atoms with Crippen LogP contribution in [0.1, 0.15) is 50.7 Å². The van der Waals surface area contributed by atoms with E-state index in [9.17, 15) is 4.39 Å². The van der Waals surface area contributed by atoms with Crippen molar-refractivity contribution in [3.63, 3.8) is 0 Å². The minimum absolute atomic E-state index is 0. The maximum Gasteiger partial charge on any atom is 0.139 e. The normalized spacial score (nSPS) is 11.2. The topological polar surface area (TPSA) is 43.9 Å². The molecule has 297 valence electrons. The van der Waals surface area contributed by atoms with E-state index >= 15 is 0 Å². The third-order valence-electron chi connectivity index (χ3n) is 10.8. The number of rotatable bonds is 7. The fraction of sp³-hybridized carbons (Fsp3) is 0.111. The molecular formula is C54H42FIrN3O-2. The predicted molar refractivity (Wildman–Crippen MR) is 240 cm³/mol. The van der Waals surface area contributed by atoms with E-state index in [1.807, 2.05) is 36.4 Å². The number of hydrogen-bond donors (Lipinski definition) is 0. The van der Waals surface area contributed by atoms with E-state index in [1.165, 1.54) is 51.3 Å². The Hall–Kier alpha value is -6.46. The molecule has 0 amide bonds. The maximum absolute atomic E-state index is 12.5. The van der Waals surface area contributed by atoms with Gasteiger partial charge in [-0.15, -0.1) is 54.1 Å². The number of nitrogens with zero attached hydrogens (tertiary/aromatic N) is 3. The van der Waals surface area contributed by atoms with Crippen molar-refractivity contribution >= 4 is 33.0 Å². The van der Waals surface area contributed by atoms with Gasteiger partial charge in [-0.25, -0.2) is 4.39 Å². The average Bonchev–Trinajstić information content (AvgIpc) is 3.86. The van der Waals surface area contributed by atoms with Gasteiger partial charge in [-0.1, -0.05) is 130 Å². The summed E-state index contributed by atoms with van der Waals surface area (Å²) in [6, 6.07) is 62.1. The van der Waals surface area contributed by atoms with Gasteiger partial charge < -0.3 is 14.0 Å². The molecule has 1 radical (unpaired) electrons. The molecule has 0 saturated heterocycles. The van der Waals surface area contributed by atoms with Crippen LogP contribution in [0.25, 0.3) is 83.6 Å². The standard InChI is InChI=1S/C43H35N2O.C11H7FN.Ir/c1-27(2)36-25-32(31-23-21-30(22-24-31)29-13-6-5-7-14-29)26-37(28(3)4)41(36)45-39-19-10-9-18-38(39)44-43(45)35-17-12-16-34-33-15-8-11-20-40(33)46-42(34)35;12-10-6-7-11(13-8-10)9-4-2-1-3-5-9;/h5-16,18-28H,1-4H3;1-4,6-8H;/q2*-1;. The van der Waals surface area contributed by atoms with Crippen LogP contribution in [0.3, 0.4) is 0 Å². The van der Waals surface area contributed by atoms with E-state index in [2.05, 4.69) is 159 Å². The Balaban J connectivity index is 0.000000304. The van der Waals surface area contributed by atoms with E-state index in [4.69, 9.17) is 9.40 Å². The van der Waals surface area contributed by atoms with Crippen molar-refractivity contribution in [1.29, 1.82) is 0 Å². The second kappa shape index (κ2) is 17.4. The number of para-hydroxylation sites is 3. The molecule has 0 unspecified atom stereocenters. The average molecular weight is 960 g/mol. The molecule has 0 saturated carbocycles. The fourth-order valence-corrected chi connectivity index (χ4v) is 7.84. The molecular weight excluding hydrogens is 918 g/mol. The predicted octanol–water partition coefficient (Wildman–Crippen LogP) is 14.7. The van der Waals surface area contributed by atoms with Crippen molar-refractivity contribution < 1.29 is 28.9 Å². The third-order valence-corrected chi connectivity index (χ3v) is 10.8. The van der Waals surface area contributed by atoms with Crippen molar-refractivity contribution in [2.45, 2.75) is 39.5 Å². The largest absolute Gasteiger partial charge is 0.501 e. The summed E-state index contributed by atoms with van der Waals surface area (Å²) in [5.74, 6) is 1.07. The van der Waals surface area contributed by atoms with Gasteiger partial charge in [-0.3, -0.25) is 4.98 Å². The number of hydrogen-bond acceptors (Lipinski definition) is 3. The third kappa shape index (κ3) is 7.85. The van der Waals surface area contributed by atoms with Crippen LogP contribution in [-0.4, -0.2) is 14.5 Å². The van der Waals surface area contributed by atoms with Crippen molar-refractivity contribution in [2.24, 2.45) is 0 Å². The van der Waals surface area contributed by atoms with Gasteiger partial charge in [0.25, 0.3) is 0 Å². The van der Waals surface area contributed by atoms with Crippen LogP contribution < -0.4 is 0 Å². The molecule has 4 nitrogen and oxygen atoms in total. The van der Waals surface area contributed by atoms with E-state index in [1.54, 1.807) is 12.1 Å². The minimum atomic E-state index is -0.320. The van der Waals surface area contributed by atoms with Crippen LogP contribution in [-0.2, 0) is 20.1 Å². The zero-order valence-corrected chi connectivity index (χ0v) is 36.2. The summed E-state index contributed by atoms with van der Waals surface area (Å²) >= 11 is 0. The van der Waals surface area contributed by atoms with E-state index in [-0.39, 0.29) is 37.8 Å². The molecule has 3 aromatic heterocycles. The molecule has 3 heterocycles. The molecule has 0 aliphatic heterocycles. The summed E-state index contributed by atoms with van der Waals surface area (Å²) in [7, 11) is 0. The number of imidazole rings is 1. The van der Waals surface area contributed by atoms with Gasteiger partial charge in [-0.2, -0.15) is 0 Å². The maximum atomic E-state index is 12.5. The van der Waals surface area contributed by atoms with E-state index in [0.717, 1.165) is 55.6 Å². The summed E-state index contributed by atoms with van der Waals surface area (Å²) < 4.78 is 21.4. The smallest absolute Gasteiger partial charge is 0.139 e. The van der Waals surface area contributed by atoms with Gasteiger partial charge in [0.15, 0.2) is 0 Å². The Labute approximate surface area is 363 Å². The summed E-state index contributed by atoms with van der Waals surface area (Å²) in [6.07, 6.45) is 1.20. The Bertz CT molecular complexity index is 3010. The second-order valence-corrected chi connectivity index (χ2v) is 15.3. The molecule has 10 rings (SSSR count). The van der Waals surface area contributed by atoms with Gasteiger partial charge in [-0.05, 0) is 87.3 Å². The molecule has 0 aliphatic rings. The SMILES string of the molecule is CC(C)c1cc(-c2ccc(-c3ccccc3)cc2)cc(C(C)C)c1-n1c(-c2[c-]ccc3c2oc2ccccc23)nc2ccccc21.Fc1ccc(-c2[c-]cccc2)nc1.[Ir]. The van der Waals surface area contributed by atoms with Crippen LogP contribution in [0.5, 0.6) is 0 Å². The van der Waals surface area contributed by atoms with Crippen LogP contribution in [0, 0.1) is 17.9 Å². The Morgan fingerprint density at radius 3 is 1.93 bits per heavy atom. The van der Waals surface area contributed by atoms with Crippen LogP contribution in [0.4, 0.5) is 4.39 Å². The fourth-order valence-electron chi connectivity index (χ4n) is 7.84. The van der Waals surface area contributed by atoms with Crippen LogP contribution >= 0.6 is 0 Å². The molecule has 0 spiro atoms. The van der Waals surface area contributed by atoms with Gasteiger partial charge in [0.05, 0.1) is 28.6 Å². The molecule has 0 N–H and O–H groups in total. The Kier molecular flexibility index (Phi) is 11.7. The van der Waals surface area contributed by atoms with Gasteiger partial charge in [0.1, 0.15) is 11.4 Å². The van der Waals surface area contributed by atoms with Crippen molar-refractivity contribution in [2.75, 3.05) is 0 Å². The van der Waals surface area contributed by atoms with Crippen molar-refractivity contribution in [1.82, 2.24) is 14.5 Å². The summed E-state index contributed by atoms with van der Waals surface area (Å²) in [5, 5.41) is 2.18. The number of fused-ring (bicyclic) bond motifs is 4. The first-order valence-electron chi connectivity index (χ1n) is 20.1. The quantitative estimate of drug-likeness (QED) is 0.150.